The summed E-state index contributed by atoms with van der Waals surface area (Å²) in [6.07, 6.45) is -0.505. The third kappa shape index (κ3) is 8.30. The first-order chi connectivity index (χ1) is 18.6. The van der Waals surface area contributed by atoms with Gasteiger partial charge in [-0.15, -0.1) is 0 Å². The SMILES string of the molecule is CC(=O)NCCCCCCNc1nc2c(c(=O)[nH]1)NCN2[C@@H]1O[C@H](COC(C)=O)[C@H](OC(C)=O)C1OC(C)=O. The van der Waals surface area contributed by atoms with E-state index in [-0.39, 0.29) is 36.6 Å². The van der Waals surface area contributed by atoms with E-state index in [2.05, 4.69) is 25.9 Å². The molecule has 39 heavy (non-hydrogen) atoms. The predicted octanol–water partition coefficient (Wildman–Crippen LogP) is 0.219. The van der Waals surface area contributed by atoms with E-state index in [0.717, 1.165) is 25.7 Å². The van der Waals surface area contributed by atoms with Gasteiger partial charge in [-0.05, 0) is 12.8 Å². The summed E-state index contributed by atoms with van der Waals surface area (Å²) in [6.45, 7) is 6.19. The number of aromatic amines is 1. The van der Waals surface area contributed by atoms with Gasteiger partial charge in [0.25, 0.3) is 5.56 Å². The highest BCUT2D eigenvalue weighted by molar-refractivity contribution is 5.73. The Balaban J connectivity index is 1.72. The first kappa shape index (κ1) is 29.7. The lowest BCUT2D eigenvalue weighted by molar-refractivity contribution is -0.165. The maximum Gasteiger partial charge on any atom is 0.303 e. The highest BCUT2D eigenvalue weighted by Gasteiger charge is 2.53. The lowest BCUT2D eigenvalue weighted by Gasteiger charge is -2.29. The van der Waals surface area contributed by atoms with E-state index in [9.17, 15) is 24.0 Å². The number of rotatable bonds is 13. The van der Waals surface area contributed by atoms with Crippen molar-refractivity contribution in [1.29, 1.82) is 0 Å². The van der Waals surface area contributed by atoms with Crippen LogP contribution in [0.3, 0.4) is 0 Å². The number of aromatic nitrogens is 2. The largest absolute Gasteiger partial charge is 0.463 e. The number of carbonyl (C=O) groups is 4. The van der Waals surface area contributed by atoms with Crippen LogP contribution in [0.5, 0.6) is 0 Å². The van der Waals surface area contributed by atoms with Crippen LogP contribution >= 0.6 is 0 Å². The van der Waals surface area contributed by atoms with Gasteiger partial charge in [0.1, 0.15) is 18.4 Å². The molecule has 0 saturated carbocycles. The van der Waals surface area contributed by atoms with Crippen LogP contribution in [0, 0.1) is 0 Å². The van der Waals surface area contributed by atoms with Gasteiger partial charge in [-0.25, -0.2) is 0 Å². The van der Waals surface area contributed by atoms with E-state index in [4.69, 9.17) is 18.9 Å². The van der Waals surface area contributed by atoms with E-state index in [1.54, 1.807) is 4.90 Å². The Morgan fingerprint density at radius 3 is 2.28 bits per heavy atom. The van der Waals surface area contributed by atoms with Gasteiger partial charge in [-0.1, -0.05) is 12.8 Å². The number of unbranched alkanes of at least 4 members (excludes halogenated alkanes) is 3. The molecule has 0 spiro atoms. The lowest BCUT2D eigenvalue weighted by atomic mass is 10.1. The third-order valence-electron chi connectivity index (χ3n) is 6.02. The number of ether oxygens (including phenoxy) is 4. The van der Waals surface area contributed by atoms with Crippen molar-refractivity contribution >= 4 is 41.3 Å². The number of carbonyl (C=O) groups excluding carboxylic acids is 4. The van der Waals surface area contributed by atoms with Crippen molar-refractivity contribution in [3.05, 3.63) is 10.4 Å². The first-order valence-corrected chi connectivity index (χ1v) is 12.8. The molecule has 4 N–H and O–H groups in total. The van der Waals surface area contributed by atoms with Crippen LogP contribution in [0.25, 0.3) is 0 Å². The molecule has 1 fully saturated rings. The molecule has 0 aliphatic carbocycles. The summed E-state index contributed by atoms with van der Waals surface area (Å²) in [4.78, 5) is 67.7. The van der Waals surface area contributed by atoms with Gasteiger partial charge < -0.3 is 39.8 Å². The molecule has 216 valence electrons. The summed E-state index contributed by atoms with van der Waals surface area (Å²) < 4.78 is 22.0. The number of fused-ring (bicyclic) bond motifs is 1. The second-order valence-corrected chi connectivity index (χ2v) is 9.26. The predicted molar refractivity (Wildman–Crippen MR) is 138 cm³/mol. The molecule has 1 amide bonds. The fourth-order valence-corrected chi connectivity index (χ4v) is 4.38. The normalized spacial score (nSPS) is 21.5. The van der Waals surface area contributed by atoms with Crippen LogP contribution in [-0.4, -0.2) is 84.7 Å². The molecule has 3 rings (SSSR count). The first-order valence-electron chi connectivity index (χ1n) is 12.8. The van der Waals surface area contributed by atoms with E-state index >= 15 is 0 Å². The van der Waals surface area contributed by atoms with Crippen LogP contribution in [0.1, 0.15) is 53.4 Å². The van der Waals surface area contributed by atoms with Crippen molar-refractivity contribution < 1.29 is 38.1 Å². The smallest absolute Gasteiger partial charge is 0.303 e. The topological polar surface area (TPSA) is 190 Å². The van der Waals surface area contributed by atoms with Crippen LogP contribution in [-0.2, 0) is 38.1 Å². The summed E-state index contributed by atoms with van der Waals surface area (Å²) in [6, 6.07) is 0. The summed E-state index contributed by atoms with van der Waals surface area (Å²) >= 11 is 0. The molecule has 15 heteroatoms. The lowest BCUT2D eigenvalue weighted by Crippen LogP contribution is -2.47. The van der Waals surface area contributed by atoms with Crippen molar-refractivity contribution in [1.82, 2.24) is 15.3 Å². The van der Waals surface area contributed by atoms with Gasteiger partial charge in [0.15, 0.2) is 24.3 Å². The monoisotopic (exact) mass is 552 g/mol. The van der Waals surface area contributed by atoms with Gasteiger partial charge in [0, 0.05) is 40.8 Å². The van der Waals surface area contributed by atoms with Gasteiger partial charge in [-0.2, -0.15) is 4.98 Å². The molecule has 0 aromatic carbocycles. The molecular formula is C24H36N6O9. The Morgan fingerprint density at radius 2 is 1.64 bits per heavy atom. The van der Waals surface area contributed by atoms with Crippen molar-refractivity contribution in [3.63, 3.8) is 0 Å². The van der Waals surface area contributed by atoms with Crippen LogP contribution in [0.4, 0.5) is 17.5 Å². The molecule has 1 saturated heterocycles. The number of hydrogen-bond acceptors (Lipinski definition) is 13. The highest BCUT2D eigenvalue weighted by Crippen LogP contribution is 2.36. The third-order valence-corrected chi connectivity index (χ3v) is 6.02. The number of amides is 1. The quantitative estimate of drug-likeness (QED) is 0.148. The summed E-state index contributed by atoms with van der Waals surface area (Å²) in [5.74, 6) is -1.36. The van der Waals surface area contributed by atoms with Crippen LogP contribution in [0.15, 0.2) is 4.79 Å². The molecule has 0 bridgehead atoms. The second-order valence-electron chi connectivity index (χ2n) is 9.26. The van der Waals surface area contributed by atoms with Gasteiger partial charge in [0.05, 0.1) is 6.67 Å². The zero-order valence-corrected chi connectivity index (χ0v) is 22.5. The van der Waals surface area contributed by atoms with Crippen molar-refractivity contribution in [2.24, 2.45) is 0 Å². The average molecular weight is 553 g/mol. The van der Waals surface area contributed by atoms with Gasteiger partial charge in [0.2, 0.25) is 11.9 Å². The number of anilines is 3. The molecule has 1 unspecified atom stereocenters. The zero-order chi connectivity index (χ0) is 28.5. The van der Waals surface area contributed by atoms with E-state index in [1.165, 1.54) is 27.7 Å². The number of hydrogen-bond donors (Lipinski definition) is 4. The molecule has 1 aromatic heterocycles. The minimum absolute atomic E-state index is 0.0455. The molecule has 15 nitrogen and oxygen atoms in total. The molecule has 2 aliphatic rings. The Morgan fingerprint density at radius 1 is 0.974 bits per heavy atom. The maximum absolute atomic E-state index is 12.8. The summed E-state index contributed by atoms with van der Waals surface area (Å²) in [7, 11) is 0. The molecule has 4 atom stereocenters. The molecule has 3 heterocycles. The number of esters is 3. The summed E-state index contributed by atoms with van der Waals surface area (Å²) in [5, 5.41) is 8.84. The van der Waals surface area contributed by atoms with Crippen molar-refractivity contribution in [2.75, 3.05) is 41.9 Å². The summed E-state index contributed by atoms with van der Waals surface area (Å²) in [5.41, 5.74) is -0.202. The maximum atomic E-state index is 12.8. The minimum atomic E-state index is -1.09. The Labute approximate surface area is 225 Å². The van der Waals surface area contributed by atoms with Crippen LogP contribution < -0.4 is 26.4 Å². The second kappa shape index (κ2) is 13.8. The Bertz CT molecular complexity index is 1110. The van der Waals surface area contributed by atoms with Gasteiger partial charge in [-0.3, -0.25) is 29.0 Å². The zero-order valence-electron chi connectivity index (χ0n) is 22.5. The standard InChI is InChI=1S/C24H36N6O9/c1-13(31)25-9-7-5-6-8-10-26-24-28-21-18(22(35)29-24)27-12-30(21)23-20(38-16(4)34)19(37-15(3)33)17(39-23)11-36-14(2)32/h17,19-20,23,27H,5-12H2,1-4H3,(H,25,31)(H2,26,28,29,35)/t17-,19+,20?,23-/m1/s1. The molecular weight excluding hydrogens is 516 g/mol. The molecule has 1 aromatic rings. The number of nitrogens with one attached hydrogen (secondary N) is 4. The fourth-order valence-electron chi connectivity index (χ4n) is 4.38. The van der Waals surface area contributed by atoms with E-state index in [1.807, 2.05) is 0 Å². The van der Waals surface area contributed by atoms with Crippen LogP contribution in [0.2, 0.25) is 0 Å². The van der Waals surface area contributed by atoms with Crippen molar-refractivity contribution in [3.8, 4) is 0 Å². The highest BCUT2D eigenvalue weighted by atomic mass is 16.7. The Kier molecular flexibility index (Phi) is 10.5. The Hall–Kier alpha value is -3.88. The van der Waals surface area contributed by atoms with E-state index in [0.29, 0.717) is 13.1 Å². The number of nitrogens with zero attached hydrogens (tertiary/aromatic N) is 2. The fraction of sp³-hybridized carbons (Fsp3) is 0.667. The average Bonchev–Trinajstić information content (AvgIpc) is 3.40. The number of H-pyrrole nitrogens is 1. The van der Waals surface area contributed by atoms with E-state index < -0.39 is 48.0 Å². The van der Waals surface area contributed by atoms with Gasteiger partial charge >= 0.3 is 17.9 Å². The minimum Gasteiger partial charge on any atom is -0.463 e. The molecule has 0 radical (unpaired) electrons. The molecule has 2 aliphatic heterocycles. The van der Waals surface area contributed by atoms with Crippen molar-refractivity contribution in [2.45, 2.75) is 77.9 Å².